The summed E-state index contributed by atoms with van der Waals surface area (Å²) in [6, 6.07) is 0.976. The maximum absolute atomic E-state index is 11.6. The van der Waals surface area contributed by atoms with Crippen LogP contribution in [0.5, 0.6) is 0 Å². The normalized spacial score (nSPS) is 26.7. The predicted octanol–water partition coefficient (Wildman–Crippen LogP) is -0.126. The summed E-state index contributed by atoms with van der Waals surface area (Å²) in [4.78, 5) is 2.27. The van der Waals surface area contributed by atoms with Crippen molar-refractivity contribution in [1.29, 1.82) is 0 Å². The average Bonchev–Trinajstić information content (AvgIpc) is 3.12. The van der Waals surface area contributed by atoms with Crippen LogP contribution in [0.15, 0.2) is 0 Å². The monoisotopic (exact) mass is 276 g/mol. The Labute approximate surface area is 110 Å². The summed E-state index contributed by atoms with van der Waals surface area (Å²) in [5.41, 5.74) is 0. The van der Waals surface area contributed by atoms with E-state index in [1.807, 2.05) is 0 Å². The third kappa shape index (κ3) is 4.50. The number of rotatable bonds is 6. The van der Waals surface area contributed by atoms with E-state index in [1.165, 1.54) is 12.8 Å². The molecule has 0 aromatic rings. The Morgan fingerprint density at radius 2 is 2.11 bits per heavy atom. The van der Waals surface area contributed by atoms with E-state index in [0.717, 1.165) is 19.5 Å². The Bertz CT molecular complexity index is 354. The molecule has 106 valence electrons. The quantitative estimate of drug-likeness (QED) is 0.732. The molecule has 2 fully saturated rings. The summed E-state index contributed by atoms with van der Waals surface area (Å²) in [5.74, 6) is 0.621. The average molecular weight is 276 g/mol. The minimum absolute atomic E-state index is 0.288. The summed E-state index contributed by atoms with van der Waals surface area (Å²) in [7, 11) is -1.12. The molecule has 6 heteroatoms. The summed E-state index contributed by atoms with van der Waals surface area (Å²) < 4.78 is 28.5. The Balaban J connectivity index is 1.87. The van der Waals surface area contributed by atoms with Gasteiger partial charge in [-0.15, -0.1) is 0 Å². The van der Waals surface area contributed by atoms with E-state index < -0.39 is 9.84 Å². The Morgan fingerprint density at radius 1 is 1.33 bits per heavy atom. The van der Waals surface area contributed by atoms with Crippen LogP contribution in [0.2, 0.25) is 0 Å². The molecule has 0 aromatic carbocycles. The van der Waals surface area contributed by atoms with E-state index in [4.69, 9.17) is 4.74 Å². The van der Waals surface area contributed by atoms with Crippen molar-refractivity contribution >= 4 is 9.84 Å². The van der Waals surface area contributed by atoms with Crippen molar-refractivity contribution in [2.24, 2.45) is 0 Å². The van der Waals surface area contributed by atoms with Crippen LogP contribution >= 0.6 is 0 Å². The molecular weight excluding hydrogens is 252 g/mol. The van der Waals surface area contributed by atoms with Crippen molar-refractivity contribution in [2.45, 2.75) is 31.3 Å². The first-order valence-corrected chi connectivity index (χ1v) is 8.59. The first-order chi connectivity index (χ1) is 8.61. The van der Waals surface area contributed by atoms with Crippen molar-refractivity contribution in [3.63, 3.8) is 0 Å². The molecule has 2 aliphatic rings. The number of ether oxygens (including phenoxy) is 1. The van der Waals surface area contributed by atoms with Gasteiger partial charge in [-0.05, 0) is 25.8 Å². The van der Waals surface area contributed by atoms with E-state index in [0.29, 0.717) is 31.0 Å². The summed E-state index contributed by atoms with van der Waals surface area (Å²) in [6.07, 6.45) is 3.29. The lowest BCUT2D eigenvalue weighted by molar-refractivity contribution is 0.0938. The van der Waals surface area contributed by atoms with E-state index in [9.17, 15) is 8.42 Å². The molecular formula is C12H24N2O3S. The Morgan fingerprint density at radius 3 is 2.78 bits per heavy atom. The summed E-state index contributed by atoms with van der Waals surface area (Å²) in [5, 5.41) is 3.51. The molecule has 0 aromatic heterocycles. The van der Waals surface area contributed by atoms with Gasteiger partial charge >= 0.3 is 0 Å². The van der Waals surface area contributed by atoms with E-state index in [1.54, 1.807) is 7.11 Å². The zero-order chi connectivity index (χ0) is 13.0. The fourth-order valence-electron chi connectivity index (χ4n) is 2.40. The zero-order valence-corrected chi connectivity index (χ0v) is 11.9. The van der Waals surface area contributed by atoms with Crippen molar-refractivity contribution < 1.29 is 13.2 Å². The lowest BCUT2D eigenvalue weighted by atomic mass is 10.2. The van der Waals surface area contributed by atoms with E-state index in [2.05, 4.69) is 10.2 Å². The number of sulfone groups is 1. The van der Waals surface area contributed by atoms with Crippen LogP contribution in [-0.2, 0) is 14.6 Å². The lowest BCUT2D eigenvalue weighted by Crippen LogP contribution is -2.46. The van der Waals surface area contributed by atoms with Crippen molar-refractivity contribution in [3.8, 4) is 0 Å². The van der Waals surface area contributed by atoms with Gasteiger partial charge in [-0.3, -0.25) is 4.90 Å². The third-order valence-corrected chi connectivity index (χ3v) is 5.40. The molecule has 0 amide bonds. The highest BCUT2D eigenvalue weighted by atomic mass is 32.2. The largest absolute Gasteiger partial charge is 0.383 e. The molecule has 1 aliphatic heterocycles. The van der Waals surface area contributed by atoms with Crippen molar-refractivity contribution in [3.05, 3.63) is 0 Å². The van der Waals surface area contributed by atoms with Crippen LogP contribution < -0.4 is 5.32 Å². The first-order valence-electron chi connectivity index (χ1n) is 6.77. The standard InChI is InChI=1S/C12H24N2O3S/c1-17-10-12(9-13-11-3-4-11)14-5-2-7-18(15,16)8-6-14/h11-13H,2-10H2,1H3. The molecule has 2 rings (SSSR count). The highest BCUT2D eigenvalue weighted by Crippen LogP contribution is 2.19. The van der Waals surface area contributed by atoms with Gasteiger partial charge in [0.2, 0.25) is 0 Å². The predicted molar refractivity (Wildman–Crippen MR) is 71.5 cm³/mol. The van der Waals surface area contributed by atoms with Gasteiger partial charge in [-0.1, -0.05) is 0 Å². The van der Waals surface area contributed by atoms with Crippen molar-refractivity contribution in [2.75, 3.05) is 44.9 Å². The van der Waals surface area contributed by atoms with Gasteiger partial charge in [0.15, 0.2) is 9.84 Å². The van der Waals surface area contributed by atoms with Gasteiger partial charge in [0, 0.05) is 32.3 Å². The minimum atomic E-state index is -2.82. The fraction of sp³-hybridized carbons (Fsp3) is 1.00. The van der Waals surface area contributed by atoms with E-state index >= 15 is 0 Å². The molecule has 0 bridgehead atoms. The number of hydrogen-bond donors (Lipinski definition) is 1. The second-order valence-electron chi connectivity index (χ2n) is 5.33. The van der Waals surface area contributed by atoms with Gasteiger partial charge in [-0.2, -0.15) is 0 Å². The molecule has 1 saturated heterocycles. The van der Waals surface area contributed by atoms with Crippen LogP contribution in [0.3, 0.4) is 0 Å². The maximum atomic E-state index is 11.6. The second-order valence-corrected chi connectivity index (χ2v) is 7.64. The lowest BCUT2D eigenvalue weighted by Gasteiger charge is -2.30. The van der Waals surface area contributed by atoms with Gasteiger partial charge in [-0.25, -0.2) is 8.42 Å². The highest BCUT2D eigenvalue weighted by Gasteiger charge is 2.27. The van der Waals surface area contributed by atoms with Crippen LogP contribution in [-0.4, -0.2) is 70.3 Å². The molecule has 1 heterocycles. The number of nitrogens with one attached hydrogen (secondary N) is 1. The number of nitrogens with zero attached hydrogens (tertiary/aromatic N) is 1. The van der Waals surface area contributed by atoms with E-state index in [-0.39, 0.29) is 5.75 Å². The van der Waals surface area contributed by atoms with Crippen molar-refractivity contribution in [1.82, 2.24) is 10.2 Å². The van der Waals surface area contributed by atoms with Crippen LogP contribution in [0, 0.1) is 0 Å². The molecule has 1 saturated carbocycles. The molecule has 0 spiro atoms. The first kappa shape index (κ1) is 14.2. The Kier molecular flexibility index (Phi) is 5.00. The zero-order valence-electron chi connectivity index (χ0n) is 11.1. The fourth-order valence-corrected chi connectivity index (χ4v) is 3.68. The topological polar surface area (TPSA) is 58.6 Å². The molecule has 5 nitrogen and oxygen atoms in total. The molecule has 1 N–H and O–H groups in total. The third-order valence-electron chi connectivity index (χ3n) is 3.69. The molecule has 1 unspecified atom stereocenters. The van der Waals surface area contributed by atoms with Crippen LogP contribution in [0.4, 0.5) is 0 Å². The van der Waals surface area contributed by atoms with Gasteiger partial charge < -0.3 is 10.1 Å². The van der Waals surface area contributed by atoms with Gasteiger partial charge in [0.1, 0.15) is 0 Å². The second kappa shape index (κ2) is 6.32. The minimum Gasteiger partial charge on any atom is -0.383 e. The number of methoxy groups -OCH3 is 1. The Hall–Kier alpha value is -0.170. The summed E-state index contributed by atoms with van der Waals surface area (Å²) >= 11 is 0. The molecule has 1 atom stereocenters. The van der Waals surface area contributed by atoms with Crippen LogP contribution in [0.25, 0.3) is 0 Å². The molecule has 1 aliphatic carbocycles. The number of hydrogen-bond acceptors (Lipinski definition) is 5. The highest BCUT2D eigenvalue weighted by molar-refractivity contribution is 7.91. The van der Waals surface area contributed by atoms with Crippen LogP contribution in [0.1, 0.15) is 19.3 Å². The van der Waals surface area contributed by atoms with Gasteiger partial charge in [0.25, 0.3) is 0 Å². The molecule has 18 heavy (non-hydrogen) atoms. The molecule has 0 radical (unpaired) electrons. The summed E-state index contributed by atoms with van der Waals surface area (Å²) in [6.45, 7) is 3.07. The smallest absolute Gasteiger partial charge is 0.151 e. The van der Waals surface area contributed by atoms with Gasteiger partial charge in [0.05, 0.1) is 18.1 Å². The SMILES string of the molecule is COCC(CNC1CC1)N1CCCS(=O)(=O)CC1. The maximum Gasteiger partial charge on any atom is 0.151 e.